The maximum atomic E-state index is 12.5. The molecule has 0 aromatic heterocycles. The molecule has 25 heavy (non-hydrogen) atoms. The molecule has 1 aromatic carbocycles. The highest BCUT2D eigenvalue weighted by Crippen LogP contribution is 2.29. The highest BCUT2D eigenvalue weighted by molar-refractivity contribution is 5.68. The molecule has 0 aliphatic carbocycles. The number of benzene rings is 1. The first-order chi connectivity index (χ1) is 11.5. The number of rotatable bonds is 0. The molecule has 1 amide bonds. The Morgan fingerprint density at radius 3 is 2.16 bits per heavy atom. The van der Waals surface area contributed by atoms with Crippen molar-refractivity contribution in [2.45, 2.75) is 45.4 Å². The zero-order valence-corrected chi connectivity index (χ0v) is 14.6. The number of alkyl halides is 3. The number of halogens is 3. The monoisotopic (exact) mass is 353 g/mol. The van der Waals surface area contributed by atoms with E-state index in [9.17, 15) is 18.0 Å². The summed E-state index contributed by atoms with van der Waals surface area (Å²) >= 11 is 0. The van der Waals surface area contributed by atoms with E-state index in [1.54, 1.807) is 4.90 Å². The molecule has 1 heterocycles. The molecule has 2 rings (SSSR count). The molecular formula is C19H22F3NO2. The van der Waals surface area contributed by atoms with Gasteiger partial charge in [-0.3, -0.25) is 0 Å². The molecule has 1 aliphatic heterocycles. The van der Waals surface area contributed by atoms with Crippen LogP contribution in [0.1, 0.15) is 44.7 Å². The largest absolute Gasteiger partial charge is 0.444 e. The van der Waals surface area contributed by atoms with Crippen LogP contribution in [0.15, 0.2) is 24.3 Å². The lowest BCUT2D eigenvalue weighted by Crippen LogP contribution is -2.41. The topological polar surface area (TPSA) is 29.5 Å². The van der Waals surface area contributed by atoms with E-state index in [0.29, 0.717) is 18.7 Å². The van der Waals surface area contributed by atoms with Crippen LogP contribution in [-0.2, 0) is 10.9 Å². The van der Waals surface area contributed by atoms with E-state index in [1.807, 2.05) is 20.8 Å². The van der Waals surface area contributed by atoms with E-state index >= 15 is 0 Å². The molecule has 0 unspecified atom stereocenters. The Bertz CT molecular complexity index is 655. The normalized spacial score (nSPS) is 16.2. The second-order valence-corrected chi connectivity index (χ2v) is 7.09. The van der Waals surface area contributed by atoms with Gasteiger partial charge in [-0.15, -0.1) is 0 Å². The summed E-state index contributed by atoms with van der Waals surface area (Å²) in [6, 6.07) is 4.83. The lowest BCUT2D eigenvalue weighted by Gasteiger charge is -2.31. The predicted molar refractivity (Wildman–Crippen MR) is 88.9 cm³/mol. The van der Waals surface area contributed by atoms with E-state index in [4.69, 9.17) is 4.74 Å². The number of hydrogen-bond donors (Lipinski definition) is 0. The first-order valence-electron chi connectivity index (χ1n) is 8.21. The summed E-state index contributed by atoms with van der Waals surface area (Å²) in [6.07, 6.45) is -3.19. The summed E-state index contributed by atoms with van der Waals surface area (Å²) in [5.41, 5.74) is -0.637. The van der Waals surface area contributed by atoms with Gasteiger partial charge in [-0.05, 0) is 57.9 Å². The number of hydrogen-bond acceptors (Lipinski definition) is 2. The third kappa shape index (κ3) is 6.00. The van der Waals surface area contributed by atoms with Crippen LogP contribution in [0.3, 0.4) is 0 Å². The van der Waals surface area contributed by atoms with Gasteiger partial charge < -0.3 is 9.64 Å². The molecule has 0 saturated carbocycles. The van der Waals surface area contributed by atoms with Gasteiger partial charge in [-0.2, -0.15) is 13.2 Å². The number of nitrogens with zero attached hydrogens (tertiary/aromatic N) is 1. The van der Waals surface area contributed by atoms with Crippen molar-refractivity contribution in [1.29, 1.82) is 0 Å². The van der Waals surface area contributed by atoms with Crippen molar-refractivity contribution in [3.63, 3.8) is 0 Å². The molecular weight excluding hydrogens is 331 g/mol. The van der Waals surface area contributed by atoms with Gasteiger partial charge in [0.2, 0.25) is 0 Å². The first-order valence-corrected chi connectivity index (χ1v) is 8.21. The summed E-state index contributed by atoms with van der Waals surface area (Å²) in [6.45, 7) is 6.62. The fraction of sp³-hybridized carbons (Fsp3) is 0.526. The Hall–Kier alpha value is -2.16. The minimum atomic E-state index is -4.33. The van der Waals surface area contributed by atoms with Gasteiger partial charge in [0.1, 0.15) is 5.60 Å². The third-order valence-electron chi connectivity index (χ3n) is 3.78. The summed E-state index contributed by atoms with van der Waals surface area (Å²) in [5.74, 6) is 6.14. The minimum Gasteiger partial charge on any atom is -0.444 e. The molecule has 0 bridgehead atoms. The number of piperidine rings is 1. The maximum absolute atomic E-state index is 12.5. The number of likely N-dealkylation sites (tertiary alicyclic amines) is 1. The van der Waals surface area contributed by atoms with Gasteiger partial charge in [-0.25, -0.2) is 4.79 Å². The van der Waals surface area contributed by atoms with E-state index in [0.717, 1.165) is 25.0 Å². The average molecular weight is 353 g/mol. The lowest BCUT2D eigenvalue weighted by atomic mass is 9.97. The molecule has 0 N–H and O–H groups in total. The van der Waals surface area contributed by atoms with Crippen LogP contribution in [0.5, 0.6) is 0 Å². The van der Waals surface area contributed by atoms with Gasteiger partial charge in [0.25, 0.3) is 0 Å². The number of amides is 1. The van der Waals surface area contributed by atoms with Gasteiger partial charge in [-0.1, -0.05) is 11.8 Å². The van der Waals surface area contributed by atoms with Crippen molar-refractivity contribution < 1.29 is 22.7 Å². The molecule has 6 heteroatoms. The zero-order valence-electron chi connectivity index (χ0n) is 14.6. The van der Waals surface area contributed by atoms with Crippen LogP contribution in [0, 0.1) is 17.8 Å². The quantitative estimate of drug-likeness (QED) is 0.633. The molecule has 1 fully saturated rings. The zero-order chi connectivity index (χ0) is 18.7. The average Bonchev–Trinajstić information content (AvgIpc) is 2.51. The summed E-state index contributed by atoms with van der Waals surface area (Å²) in [5, 5.41) is 0. The summed E-state index contributed by atoms with van der Waals surface area (Å²) in [7, 11) is 0. The predicted octanol–water partition coefficient (Wildman–Crippen LogP) is 4.70. The van der Waals surface area contributed by atoms with E-state index in [-0.39, 0.29) is 12.0 Å². The highest BCUT2D eigenvalue weighted by atomic mass is 19.4. The van der Waals surface area contributed by atoms with E-state index in [2.05, 4.69) is 11.8 Å². The molecule has 1 aliphatic rings. The van der Waals surface area contributed by atoms with Crippen LogP contribution < -0.4 is 0 Å². The van der Waals surface area contributed by atoms with Crippen LogP contribution in [0.25, 0.3) is 0 Å². The van der Waals surface area contributed by atoms with Crippen molar-refractivity contribution in [3.8, 4) is 11.8 Å². The Morgan fingerprint density at radius 2 is 1.68 bits per heavy atom. The number of carbonyl (C=O) groups excluding carboxylic acids is 1. The molecule has 136 valence electrons. The van der Waals surface area contributed by atoms with Crippen LogP contribution in [0.4, 0.5) is 18.0 Å². The maximum Gasteiger partial charge on any atom is 0.416 e. The molecule has 1 aromatic rings. The third-order valence-corrected chi connectivity index (χ3v) is 3.78. The standard InChI is InChI=1S/C19H22F3NO2/c1-18(2,3)25-17(24)23-12-10-15(11-13-23)5-4-14-6-8-16(9-7-14)19(20,21)22/h6-9,15H,10-13H2,1-3H3. The van der Waals surface area contributed by atoms with Crippen LogP contribution in [-0.4, -0.2) is 29.7 Å². The molecule has 1 saturated heterocycles. The Kier molecular flexibility index (Phi) is 5.66. The van der Waals surface area contributed by atoms with Crippen molar-refractivity contribution in [3.05, 3.63) is 35.4 Å². The van der Waals surface area contributed by atoms with Gasteiger partial charge in [0, 0.05) is 24.6 Å². The highest BCUT2D eigenvalue weighted by Gasteiger charge is 2.30. The summed E-state index contributed by atoms with van der Waals surface area (Å²) < 4.78 is 42.9. The minimum absolute atomic E-state index is 0.126. The Labute approximate surface area is 146 Å². The van der Waals surface area contributed by atoms with Crippen LogP contribution >= 0.6 is 0 Å². The van der Waals surface area contributed by atoms with E-state index in [1.165, 1.54) is 12.1 Å². The molecule has 3 nitrogen and oxygen atoms in total. The van der Waals surface area contributed by atoms with Crippen molar-refractivity contribution >= 4 is 6.09 Å². The number of ether oxygens (including phenoxy) is 1. The SMILES string of the molecule is CC(C)(C)OC(=O)N1CCC(C#Cc2ccc(C(F)(F)F)cc2)CC1. The Morgan fingerprint density at radius 1 is 1.12 bits per heavy atom. The van der Waals surface area contributed by atoms with Crippen molar-refractivity contribution in [2.24, 2.45) is 5.92 Å². The van der Waals surface area contributed by atoms with Gasteiger partial charge in [0.05, 0.1) is 5.56 Å². The molecule has 0 radical (unpaired) electrons. The first kappa shape index (κ1) is 19.2. The molecule has 0 spiro atoms. The van der Waals surface area contributed by atoms with Gasteiger partial charge >= 0.3 is 12.3 Å². The Balaban J connectivity index is 1.88. The fourth-order valence-corrected chi connectivity index (χ4v) is 2.46. The second-order valence-electron chi connectivity index (χ2n) is 7.09. The molecule has 0 atom stereocenters. The van der Waals surface area contributed by atoms with Crippen LogP contribution in [0.2, 0.25) is 0 Å². The van der Waals surface area contributed by atoms with E-state index < -0.39 is 17.3 Å². The second kappa shape index (κ2) is 7.38. The van der Waals surface area contributed by atoms with Crippen molar-refractivity contribution in [1.82, 2.24) is 4.90 Å². The smallest absolute Gasteiger partial charge is 0.416 e. The lowest BCUT2D eigenvalue weighted by molar-refractivity contribution is -0.137. The van der Waals surface area contributed by atoms with Gasteiger partial charge in [0.15, 0.2) is 0 Å². The fourth-order valence-electron chi connectivity index (χ4n) is 2.46. The summed E-state index contributed by atoms with van der Waals surface area (Å²) in [4.78, 5) is 13.7. The van der Waals surface area contributed by atoms with Crippen molar-refractivity contribution in [2.75, 3.05) is 13.1 Å². The number of carbonyl (C=O) groups is 1.